The number of carboxylic acid groups (broad SMARTS) is 1. The summed E-state index contributed by atoms with van der Waals surface area (Å²) >= 11 is 0. The van der Waals surface area contributed by atoms with Crippen molar-refractivity contribution in [2.75, 3.05) is 0 Å². The van der Waals surface area contributed by atoms with E-state index in [0.717, 1.165) is 0 Å². The van der Waals surface area contributed by atoms with Crippen LogP contribution >= 0.6 is 0 Å². The van der Waals surface area contributed by atoms with Gasteiger partial charge in [0, 0.05) is 11.6 Å². The van der Waals surface area contributed by atoms with Gasteiger partial charge in [-0.15, -0.1) is 0 Å². The first-order valence-electron chi connectivity index (χ1n) is 9.04. The predicted molar refractivity (Wildman–Crippen MR) is 116 cm³/mol. The quantitative estimate of drug-likeness (QED) is 0.370. The fourth-order valence-electron chi connectivity index (χ4n) is 2.38. The van der Waals surface area contributed by atoms with Gasteiger partial charge in [-0.3, -0.25) is 0 Å². The number of hydrogen-bond donors (Lipinski definition) is 2. The SMILES string of the molecule is CC(=CC(O)CC[Si](O[Si](C)(C)C)(O[Si](C)(C)C)O[Si](C)(C)C)C(=O)O. The third kappa shape index (κ3) is 12.3. The molecule has 0 aromatic carbocycles. The molecule has 0 saturated carbocycles. The van der Waals surface area contributed by atoms with E-state index >= 15 is 0 Å². The van der Waals surface area contributed by atoms with Crippen LogP contribution in [-0.4, -0.2) is 56.0 Å². The Balaban J connectivity index is 5.64. The summed E-state index contributed by atoms with van der Waals surface area (Å²) < 4.78 is 19.6. The Morgan fingerprint density at radius 2 is 1.23 bits per heavy atom. The minimum atomic E-state index is -2.99. The summed E-state index contributed by atoms with van der Waals surface area (Å²) in [5.74, 6) is -1.03. The summed E-state index contributed by atoms with van der Waals surface area (Å²) in [7, 11) is -8.84. The summed E-state index contributed by atoms with van der Waals surface area (Å²) in [6.45, 7) is 20.5. The van der Waals surface area contributed by atoms with Crippen LogP contribution in [0.3, 0.4) is 0 Å². The number of carboxylic acids is 1. The summed E-state index contributed by atoms with van der Waals surface area (Å²) in [6.07, 6.45) is 0.869. The minimum absolute atomic E-state index is 0.133. The summed E-state index contributed by atoms with van der Waals surface area (Å²) in [4.78, 5) is 11.0. The first-order chi connectivity index (χ1) is 11.3. The Hall–Kier alpha value is -0.0825. The molecule has 0 amide bonds. The molecule has 154 valence electrons. The molecular weight excluding hydrogens is 401 g/mol. The smallest absolute Gasteiger partial charge is 0.469 e. The Morgan fingerprint density at radius 1 is 0.885 bits per heavy atom. The van der Waals surface area contributed by atoms with E-state index in [1.165, 1.54) is 13.0 Å². The van der Waals surface area contributed by atoms with E-state index in [4.69, 9.17) is 17.5 Å². The van der Waals surface area contributed by atoms with Gasteiger partial charge < -0.3 is 22.6 Å². The van der Waals surface area contributed by atoms with Gasteiger partial charge in [-0.2, -0.15) is 0 Å². The Kier molecular flexibility index (Phi) is 9.38. The van der Waals surface area contributed by atoms with Crippen LogP contribution in [0.4, 0.5) is 0 Å². The summed E-state index contributed by atoms with van der Waals surface area (Å²) in [5.41, 5.74) is 0.133. The van der Waals surface area contributed by atoms with Crippen molar-refractivity contribution in [3.05, 3.63) is 11.6 Å². The van der Waals surface area contributed by atoms with E-state index < -0.39 is 45.8 Å². The molecule has 0 aromatic rings. The van der Waals surface area contributed by atoms with Crippen LogP contribution in [0.2, 0.25) is 65.0 Å². The minimum Gasteiger partial charge on any atom is -0.478 e. The highest BCUT2D eigenvalue weighted by molar-refractivity contribution is 6.90. The monoisotopic (exact) mass is 438 g/mol. The maximum atomic E-state index is 11.0. The van der Waals surface area contributed by atoms with Crippen molar-refractivity contribution in [2.24, 2.45) is 0 Å². The molecule has 0 aliphatic rings. The van der Waals surface area contributed by atoms with Gasteiger partial charge in [0.15, 0.2) is 25.0 Å². The molecule has 0 spiro atoms. The van der Waals surface area contributed by atoms with Crippen LogP contribution in [0, 0.1) is 0 Å². The second kappa shape index (κ2) is 9.41. The average Bonchev–Trinajstić information content (AvgIpc) is 2.29. The average molecular weight is 439 g/mol. The molecule has 26 heavy (non-hydrogen) atoms. The lowest BCUT2D eigenvalue weighted by molar-refractivity contribution is -0.132. The van der Waals surface area contributed by atoms with Crippen molar-refractivity contribution in [1.82, 2.24) is 0 Å². The van der Waals surface area contributed by atoms with Crippen molar-refractivity contribution in [2.45, 2.75) is 84.4 Å². The van der Waals surface area contributed by atoms with E-state index in [1.807, 2.05) is 0 Å². The molecule has 6 nitrogen and oxygen atoms in total. The van der Waals surface area contributed by atoms with Gasteiger partial charge in [-0.25, -0.2) is 4.79 Å². The molecule has 1 atom stereocenters. The van der Waals surface area contributed by atoms with E-state index in [9.17, 15) is 9.90 Å². The summed E-state index contributed by atoms with van der Waals surface area (Å²) in [5, 5.41) is 19.3. The van der Waals surface area contributed by atoms with Crippen molar-refractivity contribution in [3.63, 3.8) is 0 Å². The van der Waals surface area contributed by atoms with E-state index in [0.29, 0.717) is 12.5 Å². The molecule has 1 unspecified atom stereocenters. The topological polar surface area (TPSA) is 85.2 Å². The third-order valence-corrected chi connectivity index (χ3v) is 14.9. The van der Waals surface area contributed by atoms with Crippen molar-refractivity contribution < 1.29 is 27.4 Å². The van der Waals surface area contributed by atoms with Crippen LogP contribution in [0.25, 0.3) is 0 Å². The first kappa shape index (κ1) is 25.9. The second-order valence-corrected chi connectivity index (χ2v) is 26.6. The standard InChI is InChI=1S/C16H38O6Si4/c1-14(16(18)19)13-15(17)11-12-26(20-23(2,3)4,21-24(5,6)7)22-25(8,9)10/h13,15,17H,11-12H2,1-10H3,(H,18,19). The molecular formula is C16H38O6Si4. The zero-order chi connectivity index (χ0) is 21.0. The van der Waals surface area contributed by atoms with Gasteiger partial charge in [-0.1, -0.05) is 0 Å². The first-order valence-corrected chi connectivity index (χ1v) is 21.2. The molecule has 0 rings (SSSR count). The molecule has 0 radical (unpaired) electrons. The van der Waals surface area contributed by atoms with Crippen LogP contribution in [-0.2, 0) is 17.1 Å². The van der Waals surface area contributed by atoms with Crippen LogP contribution in [0.1, 0.15) is 13.3 Å². The number of aliphatic carboxylic acids is 1. The van der Waals surface area contributed by atoms with Gasteiger partial charge in [0.1, 0.15) is 0 Å². The van der Waals surface area contributed by atoms with Crippen molar-refractivity contribution in [3.8, 4) is 0 Å². The molecule has 0 fully saturated rings. The number of aliphatic hydroxyl groups excluding tert-OH is 1. The molecule has 0 bridgehead atoms. The molecule has 10 heteroatoms. The molecule has 0 saturated heterocycles. The zero-order valence-electron chi connectivity index (χ0n) is 18.1. The van der Waals surface area contributed by atoms with Gasteiger partial charge in [-0.05, 0) is 78.3 Å². The zero-order valence-corrected chi connectivity index (χ0v) is 22.1. The maximum Gasteiger partial charge on any atom is 0.469 e. The molecule has 2 N–H and O–H groups in total. The number of carbonyl (C=O) groups is 1. The van der Waals surface area contributed by atoms with Crippen molar-refractivity contribution >= 4 is 39.7 Å². The molecule has 0 heterocycles. The number of hydrogen-bond acceptors (Lipinski definition) is 5. The normalized spacial score (nSPS) is 15.9. The van der Waals surface area contributed by atoms with Gasteiger partial charge in [0.2, 0.25) is 0 Å². The Labute approximate surface area is 163 Å². The summed E-state index contributed by atoms with van der Waals surface area (Å²) in [6, 6.07) is 0.483. The van der Waals surface area contributed by atoms with E-state index in [1.54, 1.807) is 0 Å². The Bertz CT molecular complexity index is 462. The lowest BCUT2D eigenvalue weighted by Gasteiger charge is -2.43. The number of aliphatic hydroxyl groups is 1. The fourth-order valence-corrected chi connectivity index (χ4v) is 17.1. The highest BCUT2D eigenvalue weighted by atomic mass is 28.5. The van der Waals surface area contributed by atoms with Crippen LogP contribution in [0.5, 0.6) is 0 Å². The van der Waals surface area contributed by atoms with E-state index in [2.05, 4.69) is 58.9 Å². The maximum absolute atomic E-state index is 11.0. The second-order valence-electron chi connectivity index (χ2n) is 9.59. The highest BCUT2D eigenvalue weighted by Crippen LogP contribution is 2.30. The van der Waals surface area contributed by atoms with Crippen molar-refractivity contribution in [1.29, 1.82) is 0 Å². The van der Waals surface area contributed by atoms with Gasteiger partial charge >= 0.3 is 14.8 Å². The number of rotatable bonds is 11. The lowest BCUT2D eigenvalue weighted by Crippen LogP contribution is -2.60. The fraction of sp³-hybridized carbons (Fsp3) is 0.812. The van der Waals surface area contributed by atoms with Crippen LogP contribution in [0.15, 0.2) is 11.6 Å². The molecule has 0 aromatic heterocycles. The lowest BCUT2D eigenvalue weighted by atomic mass is 10.2. The molecule has 0 aliphatic carbocycles. The third-order valence-electron chi connectivity index (χ3n) is 2.91. The predicted octanol–water partition coefficient (Wildman–Crippen LogP) is 4.26. The molecule has 0 aliphatic heterocycles. The highest BCUT2D eigenvalue weighted by Gasteiger charge is 2.49. The van der Waals surface area contributed by atoms with Gasteiger partial charge in [0.25, 0.3) is 0 Å². The Morgan fingerprint density at radius 3 is 1.50 bits per heavy atom. The largest absolute Gasteiger partial charge is 0.478 e. The van der Waals surface area contributed by atoms with Gasteiger partial charge in [0.05, 0.1) is 6.10 Å². The van der Waals surface area contributed by atoms with E-state index in [-0.39, 0.29) is 5.57 Å². The van der Waals surface area contributed by atoms with Crippen LogP contribution < -0.4 is 0 Å².